The minimum Gasteiger partial charge on any atom is -0.392 e. The van der Waals surface area contributed by atoms with Gasteiger partial charge in [-0.2, -0.15) is 0 Å². The van der Waals surface area contributed by atoms with Crippen LogP contribution in [0.25, 0.3) is 0 Å². The summed E-state index contributed by atoms with van der Waals surface area (Å²) in [6, 6.07) is 0. The van der Waals surface area contributed by atoms with Crippen molar-refractivity contribution in [3.8, 4) is 0 Å². The molecule has 0 unspecified atom stereocenters. The zero-order chi connectivity index (χ0) is 12.7. The van der Waals surface area contributed by atoms with Crippen LogP contribution < -0.4 is 5.32 Å². The molecule has 2 rings (SSSR count). The van der Waals surface area contributed by atoms with Gasteiger partial charge in [0.25, 0.3) is 0 Å². The molecule has 0 aliphatic heterocycles. The van der Waals surface area contributed by atoms with E-state index in [9.17, 15) is 9.90 Å². The number of hydrogen-bond donors (Lipinski definition) is 2. The van der Waals surface area contributed by atoms with Crippen molar-refractivity contribution in [2.45, 2.75) is 49.5 Å². The Morgan fingerprint density at radius 2 is 2.12 bits per heavy atom. The number of rotatable bonds is 3. The molecular formula is C12H19Cl2NO2. The van der Waals surface area contributed by atoms with Gasteiger partial charge in [-0.25, -0.2) is 0 Å². The maximum atomic E-state index is 11.8. The molecule has 0 aromatic heterocycles. The molecule has 98 valence electrons. The standard InChI is InChI=1S/C12H19Cl2NO2/c1-11(5-3-2-4-9(11)16)7-15-10(17)8-6-12(8,13)14/h8-9,16H,2-7H2,1H3,(H,15,17)/t8-,9+,11+/m0/s1. The van der Waals surface area contributed by atoms with Crippen LogP contribution in [0.1, 0.15) is 39.0 Å². The number of aliphatic hydroxyl groups is 1. The summed E-state index contributed by atoms with van der Waals surface area (Å²) in [6.07, 6.45) is 4.16. The summed E-state index contributed by atoms with van der Waals surface area (Å²) in [5.41, 5.74) is -0.204. The van der Waals surface area contributed by atoms with Crippen molar-refractivity contribution in [2.24, 2.45) is 11.3 Å². The third-order valence-corrected chi connectivity index (χ3v) is 4.92. The van der Waals surface area contributed by atoms with Gasteiger partial charge in [-0.3, -0.25) is 4.79 Å². The molecule has 3 atom stereocenters. The minimum atomic E-state index is -0.865. The highest BCUT2D eigenvalue weighted by Crippen LogP contribution is 2.53. The molecule has 2 aliphatic carbocycles. The molecule has 0 aromatic rings. The molecule has 1 amide bonds. The molecule has 2 saturated carbocycles. The van der Waals surface area contributed by atoms with Gasteiger partial charge in [-0.05, 0) is 19.3 Å². The van der Waals surface area contributed by atoms with Crippen LogP contribution in [0, 0.1) is 11.3 Å². The summed E-state index contributed by atoms with van der Waals surface area (Å²) < 4.78 is -0.865. The molecule has 5 heteroatoms. The maximum absolute atomic E-state index is 11.8. The van der Waals surface area contributed by atoms with Crippen LogP contribution in [0.4, 0.5) is 0 Å². The Morgan fingerprint density at radius 1 is 1.47 bits per heavy atom. The first-order chi connectivity index (χ1) is 7.85. The van der Waals surface area contributed by atoms with Crippen LogP contribution >= 0.6 is 23.2 Å². The summed E-state index contributed by atoms with van der Waals surface area (Å²) in [4.78, 5) is 11.8. The monoisotopic (exact) mass is 279 g/mol. The van der Waals surface area contributed by atoms with E-state index in [1.165, 1.54) is 0 Å². The lowest BCUT2D eigenvalue weighted by atomic mass is 9.73. The number of alkyl halides is 2. The third kappa shape index (κ3) is 2.88. The third-order valence-electron chi connectivity index (χ3n) is 4.09. The van der Waals surface area contributed by atoms with Crippen molar-refractivity contribution in [1.29, 1.82) is 0 Å². The Hall–Kier alpha value is 0.01000. The average molecular weight is 280 g/mol. The van der Waals surface area contributed by atoms with Gasteiger partial charge in [0.1, 0.15) is 4.33 Å². The summed E-state index contributed by atoms with van der Waals surface area (Å²) in [5.74, 6) is -0.371. The van der Waals surface area contributed by atoms with Crippen molar-refractivity contribution in [3.05, 3.63) is 0 Å². The lowest BCUT2D eigenvalue weighted by Gasteiger charge is -2.38. The fraction of sp³-hybridized carbons (Fsp3) is 0.917. The number of carbonyl (C=O) groups excluding carboxylic acids is 1. The molecule has 0 bridgehead atoms. The van der Waals surface area contributed by atoms with Gasteiger partial charge < -0.3 is 10.4 Å². The Morgan fingerprint density at radius 3 is 2.65 bits per heavy atom. The molecule has 17 heavy (non-hydrogen) atoms. The quantitative estimate of drug-likeness (QED) is 0.779. The van der Waals surface area contributed by atoms with Crippen LogP contribution in [0.5, 0.6) is 0 Å². The predicted octanol–water partition coefficient (Wildman–Crippen LogP) is 2.24. The van der Waals surface area contributed by atoms with Crippen molar-refractivity contribution in [2.75, 3.05) is 6.54 Å². The first kappa shape index (κ1) is 13.4. The van der Waals surface area contributed by atoms with Gasteiger partial charge in [0.15, 0.2) is 0 Å². The van der Waals surface area contributed by atoms with Crippen LogP contribution in [0.3, 0.4) is 0 Å². The number of carbonyl (C=O) groups is 1. The summed E-state index contributed by atoms with van der Waals surface area (Å²) in [7, 11) is 0. The fourth-order valence-electron chi connectivity index (χ4n) is 2.50. The van der Waals surface area contributed by atoms with Gasteiger partial charge in [-0.1, -0.05) is 19.8 Å². The predicted molar refractivity (Wildman–Crippen MR) is 68.1 cm³/mol. The average Bonchev–Trinajstić information content (AvgIpc) is 2.89. The first-order valence-electron chi connectivity index (χ1n) is 6.19. The van der Waals surface area contributed by atoms with Crippen molar-refractivity contribution >= 4 is 29.1 Å². The van der Waals surface area contributed by atoms with Crippen LogP contribution in [0.15, 0.2) is 0 Å². The van der Waals surface area contributed by atoms with E-state index < -0.39 is 4.33 Å². The lowest BCUT2D eigenvalue weighted by molar-refractivity contribution is -0.123. The highest BCUT2D eigenvalue weighted by atomic mass is 35.5. The second-order valence-electron chi connectivity index (χ2n) is 5.65. The molecule has 2 fully saturated rings. The van der Waals surface area contributed by atoms with Crippen molar-refractivity contribution < 1.29 is 9.90 Å². The van der Waals surface area contributed by atoms with E-state index in [4.69, 9.17) is 23.2 Å². The van der Waals surface area contributed by atoms with Gasteiger partial charge in [0.05, 0.1) is 12.0 Å². The number of amides is 1. The van der Waals surface area contributed by atoms with E-state index in [0.717, 1.165) is 25.7 Å². The highest BCUT2D eigenvalue weighted by Gasteiger charge is 2.56. The van der Waals surface area contributed by atoms with E-state index in [1.807, 2.05) is 6.92 Å². The highest BCUT2D eigenvalue weighted by molar-refractivity contribution is 6.52. The number of halogens is 2. The Labute approximate surface area is 112 Å². The van der Waals surface area contributed by atoms with Gasteiger partial charge in [-0.15, -0.1) is 23.2 Å². The number of aliphatic hydroxyl groups excluding tert-OH is 1. The second-order valence-corrected chi connectivity index (χ2v) is 7.19. The largest absolute Gasteiger partial charge is 0.392 e. The molecule has 0 heterocycles. The molecule has 0 saturated heterocycles. The van der Waals surface area contributed by atoms with E-state index in [2.05, 4.69) is 5.32 Å². The SMILES string of the molecule is C[C@]1(CNC(=O)[C@@H]2CC2(Cl)Cl)CCCC[C@H]1O. The molecule has 2 aliphatic rings. The Balaban J connectivity index is 1.83. The molecule has 0 radical (unpaired) electrons. The molecule has 0 spiro atoms. The van der Waals surface area contributed by atoms with Gasteiger partial charge in [0, 0.05) is 12.0 Å². The summed E-state index contributed by atoms with van der Waals surface area (Å²) in [6.45, 7) is 2.53. The van der Waals surface area contributed by atoms with E-state index in [0.29, 0.717) is 13.0 Å². The second kappa shape index (κ2) is 4.60. The zero-order valence-corrected chi connectivity index (χ0v) is 11.5. The maximum Gasteiger partial charge on any atom is 0.226 e. The van der Waals surface area contributed by atoms with E-state index in [1.54, 1.807) is 0 Å². The van der Waals surface area contributed by atoms with Gasteiger partial charge in [0.2, 0.25) is 5.91 Å². The lowest BCUT2D eigenvalue weighted by Crippen LogP contribution is -2.45. The smallest absolute Gasteiger partial charge is 0.226 e. The number of hydrogen-bond acceptors (Lipinski definition) is 2. The molecule has 2 N–H and O–H groups in total. The minimum absolute atomic E-state index is 0.0889. The van der Waals surface area contributed by atoms with Crippen LogP contribution in [-0.2, 0) is 4.79 Å². The summed E-state index contributed by atoms with van der Waals surface area (Å²) >= 11 is 11.7. The zero-order valence-electron chi connectivity index (χ0n) is 10.0. The van der Waals surface area contributed by atoms with E-state index in [-0.39, 0.29) is 23.3 Å². The molecule has 3 nitrogen and oxygen atoms in total. The molecular weight excluding hydrogens is 261 g/mol. The summed E-state index contributed by atoms with van der Waals surface area (Å²) in [5, 5.41) is 12.9. The van der Waals surface area contributed by atoms with Gasteiger partial charge >= 0.3 is 0 Å². The van der Waals surface area contributed by atoms with E-state index >= 15 is 0 Å². The molecule has 0 aromatic carbocycles. The van der Waals surface area contributed by atoms with Crippen LogP contribution in [0.2, 0.25) is 0 Å². The topological polar surface area (TPSA) is 49.3 Å². The number of nitrogens with one attached hydrogen (secondary N) is 1. The van der Waals surface area contributed by atoms with Crippen molar-refractivity contribution in [1.82, 2.24) is 5.32 Å². The normalized spacial score (nSPS) is 39.8. The fourth-order valence-corrected chi connectivity index (χ4v) is 3.00. The Bertz CT molecular complexity index is 322. The van der Waals surface area contributed by atoms with Crippen LogP contribution in [-0.4, -0.2) is 28.0 Å². The van der Waals surface area contributed by atoms with Crippen molar-refractivity contribution in [3.63, 3.8) is 0 Å². The Kier molecular flexibility index (Phi) is 3.64. The first-order valence-corrected chi connectivity index (χ1v) is 6.94.